The molecule has 1 aliphatic rings. The van der Waals surface area contributed by atoms with Crippen LogP contribution in [0.3, 0.4) is 0 Å². The maximum atomic E-state index is 12.6. The number of aromatic hydroxyl groups is 2. The third kappa shape index (κ3) is 12.8. The molecule has 0 bridgehead atoms. The number of aliphatic hydroxyl groups is 3. The normalized spacial score (nSPS) is 22.6. The zero-order chi connectivity index (χ0) is 30.1. The first-order chi connectivity index (χ1) is 19.7. The van der Waals surface area contributed by atoms with E-state index in [0.29, 0.717) is 12.0 Å². The van der Waals surface area contributed by atoms with Gasteiger partial charge in [0.1, 0.15) is 12.2 Å². The molecule has 5 N–H and O–H groups in total. The molecule has 9 nitrogen and oxygen atoms in total. The Morgan fingerprint density at radius 3 is 1.98 bits per heavy atom. The van der Waals surface area contributed by atoms with Gasteiger partial charge in [-0.2, -0.15) is 0 Å². The van der Waals surface area contributed by atoms with Crippen molar-refractivity contribution in [1.82, 2.24) is 0 Å². The fourth-order valence-corrected chi connectivity index (χ4v) is 5.12. The quantitative estimate of drug-likeness (QED) is 0.0637. The summed E-state index contributed by atoms with van der Waals surface area (Å²) < 4.78 is 10.5. The van der Waals surface area contributed by atoms with Crippen LogP contribution >= 0.6 is 0 Å². The number of phenols is 2. The first-order valence-electron chi connectivity index (χ1n) is 15.3. The number of aliphatic hydroxyl groups excluding tert-OH is 2. The van der Waals surface area contributed by atoms with Gasteiger partial charge in [-0.1, -0.05) is 96.5 Å². The van der Waals surface area contributed by atoms with E-state index in [9.17, 15) is 35.1 Å². The first-order valence-corrected chi connectivity index (χ1v) is 15.3. The minimum Gasteiger partial charge on any atom is -0.504 e. The Morgan fingerprint density at radius 2 is 1.41 bits per heavy atom. The van der Waals surface area contributed by atoms with Crippen molar-refractivity contribution in [2.24, 2.45) is 0 Å². The number of rotatable bonds is 19. The minimum absolute atomic E-state index is 0.143. The second kappa shape index (κ2) is 18.7. The Balaban J connectivity index is 1.64. The zero-order valence-electron chi connectivity index (χ0n) is 24.5. The smallest absolute Gasteiger partial charge is 0.338 e. The van der Waals surface area contributed by atoms with Crippen LogP contribution in [-0.2, 0) is 19.1 Å². The monoisotopic (exact) mass is 578 g/mol. The van der Waals surface area contributed by atoms with E-state index in [1.54, 1.807) is 0 Å². The summed E-state index contributed by atoms with van der Waals surface area (Å²) in [6.45, 7) is 2.38. The van der Waals surface area contributed by atoms with Crippen LogP contribution in [0.4, 0.5) is 0 Å². The molecule has 1 aliphatic carbocycles. The Labute approximate surface area is 244 Å². The summed E-state index contributed by atoms with van der Waals surface area (Å²) in [4.78, 5) is 24.9. The summed E-state index contributed by atoms with van der Waals surface area (Å²) in [7, 11) is 0. The first kappa shape index (κ1) is 34.6. The highest BCUT2D eigenvalue weighted by molar-refractivity contribution is 5.87. The lowest BCUT2D eigenvalue weighted by atomic mass is 9.79. The van der Waals surface area contributed by atoms with Crippen LogP contribution in [0.25, 0.3) is 6.08 Å². The van der Waals surface area contributed by atoms with Crippen LogP contribution in [0.15, 0.2) is 24.3 Å². The second-order valence-corrected chi connectivity index (χ2v) is 11.3. The Morgan fingerprint density at radius 1 is 0.854 bits per heavy atom. The number of esters is 2. The number of benzene rings is 1. The molecule has 41 heavy (non-hydrogen) atoms. The maximum Gasteiger partial charge on any atom is 0.338 e. The molecule has 1 saturated carbocycles. The minimum atomic E-state index is -2.09. The van der Waals surface area contributed by atoms with E-state index in [1.165, 1.54) is 88.5 Å². The van der Waals surface area contributed by atoms with Gasteiger partial charge in [-0.05, 0) is 30.2 Å². The lowest BCUT2D eigenvalue weighted by Crippen LogP contribution is -2.57. The van der Waals surface area contributed by atoms with E-state index in [-0.39, 0.29) is 18.1 Å². The fourth-order valence-electron chi connectivity index (χ4n) is 5.12. The van der Waals surface area contributed by atoms with E-state index in [4.69, 9.17) is 9.47 Å². The number of carbonyl (C=O) groups is 2. The van der Waals surface area contributed by atoms with Gasteiger partial charge in [0.2, 0.25) is 0 Å². The van der Waals surface area contributed by atoms with Crippen molar-refractivity contribution < 1.29 is 44.6 Å². The molecule has 0 radical (unpaired) electrons. The number of phenolic OH excluding ortho intramolecular Hbond substituents is 2. The lowest BCUT2D eigenvalue weighted by Gasteiger charge is -2.39. The van der Waals surface area contributed by atoms with Gasteiger partial charge in [-0.25, -0.2) is 9.59 Å². The van der Waals surface area contributed by atoms with Gasteiger partial charge >= 0.3 is 11.9 Å². The number of carbonyl (C=O) groups excluding carboxylic acids is 2. The summed E-state index contributed by atoms with van der Waals surface area (Å²) in [5, 5.41) is 50.3. The molecule has 9 heteroatoms. The highest BCUT2D eigenvalue weighted by Gasteiger charge is 2.51. The Bertz CT molecular complexity index is 947. The SMILES string of the molecule is CCCCCCCCCCCCCCCCOC(=O)[C@]1(O)C[C@H](OC(=O)/C=C/c2ccc(O)c(O)c2)[C@@H](O)[C@@H](O)C1. The molecule has 232 valence electrons. The highest BCUT2D eigenvalue weighted by atomic mass is 16.6. The highest BCUT2D eigenvalue weighted by Crippen LogP contribution is 2.32. The molecule has 0 spiro atoms. The molecule has 1 aromatic rings. The summed E-state index contributed by atoms with van der Waals surface area (Å²) in [6, 6.07) is 3.96. The van der Waals surface area contributed by atoms with Crippen molar-refractivity contribution in [3.05, 3.63) is 29.8 Å². The molecule has 1 aromatic carbocycles. The van der Waals surface area contributed by atoms with E-state index in [0.717, 1.165) is 25.3 Å². The molecule has 0 amide bonds. The van der Waals surface area contributed by atoms with E-state index in [1.807, 2.05) is 0 Å². The summed E-state index contributed by atoms with van der Waals surface area (Å²) >= 11 is 0. The number of unbranched alkanes of at least 4 members (excludes halogenated alkanes) is 13. The molecule has 0 heterocycles. The van der Waals surface area contributed by atoms with Gasteiger partial charge in [-0.3, -0.25) is 0 Å². The largest absolute Gasteiger partial charge is 0.504 e. The van der Waals surface area contributed by atoms with Crippen molar-refractivity contribution in [2.75, 3.05) is 6.61 Å². The molecule has 4 atom stereocenters. The van der Waals surface area contributed by atoms with Crippen molar-refractivity contribution in [1.29, 1.82) is 0 Å². The Kier molecular flexibility index (Phi) is 15.8. The van der Waals surface area contributed by atoms with Crippen molar-refractivity contribution >= 4 is 18.0 Å². The summed E-state index contributed by atoms with van der Waals surface area (Å²) in [6.07, 6.45) is 14.1. The average molecular weight is 579 g/mol. The standard InChI is InChI=1S/C32H50O9/c1-2-3-4-5-6-7-8-9-10-11-12-13-14-15-20-40-31(38)32(39)22-27(35)30(37)28(23-32)41-29(36)19-17-24-16-18-25(33)26(34)21-24/h16-19,21,27-28,30,33-35,37,39H,2-15,20,22-23H2,1H3/b19-17+/t27-,28-,30-,32+/m0/s1. The molecule has 0 unspecified atom stereocenters. The molecule has 0 saturated heterocycles. The Hall–Kier alpha value is -2.62. The third-order valence-electron chi connectivity index (χ3n) is 7.65. The van der Waals surface area contributed by atoms with Crippen molar-refractivity contribution in [3.63, 3.8) is 0 Å². The van der Waals surface area contributed by atoms with E-state index >= 15 is 0 Å². The predicted octanol–water partition coefficient (Wildman–Crippen LogP) is 5.29. The molecule has 2 rings (SSSR count). The predicted molar refractivity (Wildman–Crippen MR) is 156 cm³/mol. The van der Waals surface area contributed by atoms with Crippen LogP contribution in [0, 0.1) is 0 Å². The topological polar surface area (TPSA) is 154 Å². The summed E-state index contributed by atoms with van der Waals surface area (Å²) in [5.74, 6) is -2.45. The van der Waals surface area contributed by atoms with Gasteiger partial charge < -0.3 is 35.0 Å². The van der Waals surface area contributed by atoms with Crippen LogP contribution in [0.2, 0.25) is 0 Å². The zero-order valence-corrected chi connectivity index (χ0v) is 24.5. The average Bonchev–Trinajstić information content (AvgIpc) is 2.94. The van der Waals surface area contributed by atoms with Crippen molar-refractivity contribution in [2.45, 2.75) is 134 Å². The van der Waals surface area contributed by atoms with Crippen LogP contribution in [-0.4, -0.2) is 68.0 Å². The lowest BCUT2D eigenvalue weighted by molar-refractivity contribution is -0.200. The number of hydrogen-bond donors (Lipinski definition) is 5. The third-order valence-corrected chi connectivity index (χ3v) is 7.65. The van der Waals surface area contributed by atoms with Crippen molar-refractivity contribution in [3.8, 4) is 11.5 Å². The molecule has 0 aromatic heterocycles. The fraction of sp³-hybridized carbons (Fsp3) is 0.688. The van der Waals surface area contributed by atoms with Gasteiger partial charge in [0.05, 0.1) is 12.7 Å². The van der Waals surface area contributed by atoms with Crippen LogP contribution in [0.5, 0.6) is 11.5 Å². The van der Waals surface area contributed by atoms with Gasteiger partial charge in [0.25, 0.3) is 0 Å². The van der Waals surface area contributed by atoms with Crippen LogP contribution in [0.1, 0.15) is 115 Å². The van der Waals surface area contributed by atoms with Gasteiger partial charge in [0, 0.05) is 18.9 Å². The number of hydrogen-bond acceptors (Lipinski definition) is 9. The van der Waals surface area contributed by atoms with Gasteiger partial charge in [-0.15, -0.1) is 0 Å². The maximum absolute atomic E-state index is 12.6. The molecule has 1 fully saturated rings. The van der Waals surface area contributed by atoms with E-state index < -0.39 is 48.7 Å². The molecule has 0 aliphatic heterocycles. The molecular weight excluding hydrogens is 528 g/mol. The summed E-state index contributed by atoms with van der Waals surface area (Å²) in [5.41, 5.74) is -1.68. The van der Waals surface area contributed by atoms with Gasteiger partial charge in [0.15, 0.2) is 17.1 Å². The van der Waals surface area contributed by atoms with Crippen LogP contribution < -0.4 is 0 Å². The van der Waals surface area contributed by atoms with E-state index in [2.05, 4.69) is 6.92 Å². The second-order valence-electron chi connectivity index (χ2n) is 11.3. The number of ether oxygens (including phenoxy) is 2. The molecular formula is C32H50O9.